The minimum atomic E-state index is 0.00301. The van der Waals surface area contributed by atoms with Crippen molar-refractivity contribution in [2.75, 3.05) is 13.2 Å². The predicted octanol–water partition coefficient (Wildman–Crippen LogP) is 2.14. The first kappa shape index (κ1) is 13.1. The lowest BCUT2D eigenvalue weighted by atomic mass is 10.1. The highest BCUT2D eigenvalue weighted by atomic mass is 16.3. The van der Waals surface area contributed by atoms with Crippen LogP contribution in [0.4, 0.5) is 0 Å². The van der Waals surface area contributed by atoms with Crippen LogP contribution in [0.2, 0.25) is 0 Å². The molecule has 0 bridgehead atoms. The number of fused-ring (bicyclic) bond motifs is 1. The van der Waals surface area contributed by atoms with Gasteiger partial charge < -0.3 is 10.0 Å². The van der Waals surface area contributed by atoms with E-state index in [1.165, 1.54) is 0 Å². The van der Waals surface area contributed by atoms with Gasteiger partial charge in [0.25, 0.3) is 5.91 Å². The lowest BCUT2D eigenvalue weighted by Gasteiger charge is -2.22. The highest BCUT2D eigenvalue weighted by Crippen LogP contribution is 2.29. The van der Waals surface area contributed by atoms with Crippen molar-refractivity contribution in [1.29, 1.82) is 0 Å². The molecule has 1 N–H and O–H groups in total. The van der Waals surface area contributed by atoms with Gasteiger partial charge in [-0.3, -0.25) is 9.78 Å². The van der Waals surface area contributed by atoms with Crippen LogP contribution in [0.25, 0.3) is 10.9 Å². The average molecular weight is 270 g/mol. The Morgan fingerprint density at radius 2 is 2.15 bits per heavy atom. The maximum absolute atomic E-state index is 12.8. The number of amides is 1. The second-order valence-corrected chi connectivity index (χ2v) is 5.28. The van der Waals surface area contributed by atoms with Crippen molar-refractivity contribution in [3.05, 3.63) is 41.6 Å². The zero-order chi connectivity index (χ0) is 14.1. The number of carbonyl (C=O) groups excluding carboxylic acids is 1. The van der Waals surface area contributed by atoms with E-state index in [9.17, 15) is 9.90 Å². The van der Waals surface area contributed by atoms with E-state index in [4.69, 9.17) is 0 Å². The molecular weight excluding hydrogens is 252 g/mol. The van der Waals surface area contributed by atoms with E-state index in [0.717, 1.165) is 29.4 Å². The minimum absolute atomic E-state index is 0.00301. The van der Waals surface area contributed by atoms with Crippen LogP contribution in [0.1, 0.15) is 28.9 Å². The van der Waals surface area contributed by atoms with Gasteiger partial charge in [-0.15, -0.1) is 0 Å². The number of carbonyl (C=O) groups is 1. The van der Waals surface area contributed by atoms with Crippen molar-refractivity contribution in [2.24, 2.45) is 0 Å². The predicted molar refractivity (Wildman–Crippen MR) is 77.6 cm³/mol. The first-order chi connectivity index (χ1) is 9.70. The standard InChI is InChI=1S/C16H18N2O2/c1-11-10-14(13-4-2-3-5-15(13)17-11)16(20)18(8-9-19)12-6-7-12/h2-5,10,12,19H,6-9H2,1H3. The monoisotopic (exact) mass is 270 g/mol. The number of aliphatic hydroxyl groups excluding tert-OH is 1. The third-order valence-corrected chi connectivity index (χ3v) is 3.66. The number of pyridine rings is 1. The minimum Gasteiger partial charge on any atom is -0.395 e. The topological polar surface area (TPSA) is 53.4 Å². The molecule has 0 saturated heterocycles. The van der Waals surface area contributed by atoms with Crippen LogP contribution in [0.15, 0.2) is 30.3 Å². The van der Waals surface area contributed by atoms with Crippen LogP contribution < -0.4 is 0 Å². The largest absolute Gasteiger partial charge is 0.395 e. The van der Waals surface area contributed by atoms with Gasteiger partial charge in [-0.2, -0.15) is 0 Å². The first-order valence-electron chi connectivity index (χ1n) is 6.99. The number of nitrogens with zero attached hydrogens (tertiary/aromatic N) is 2. The van der Waals surface area contributed by atoms with E-state index in [0.29, 0.717) is 18.2 Å². The van der Waals surface area contributed by atoms with Crippen molar-refractivity contribution in [3.63, 3.8) is 0 Å². The summed E-state index contributed by atoms with van der Waals surface area (Å²) in [7, 11) is 0. The molecule has 3 rings (SSSR count). The summed E-state index contributed by atoms with van der Waals surface area (Å²) in [6.07, 6.45) is 2.07. The normalized spacial score (nSPS) is 14.5. The molecule has 0 spiro atoms. The summed E-state index contributed by atoms with van der Waals surface area (Å²) in [5.41, 5.74) is 2.37. The second kappa shape index (κ2) is 5.21. The van der Waals surface area contributed by atoms with Gasteiger partial charge >= 0.3 is 0 Å². The van der Waals surface area contributed by atoms with E-state index in [1.54, 1.807) is 4.90 Å². The lowest BCUT2D eigenvalue weighted by Crippen LogP contribution is -2.35. The van der Waals surface area contributed by atoms with E-state index < -0.39 is 0 Å². The molecule has 1 aromatic heterocycles. The van der Waals surface area contributed by atoms with Gasteiger partial charge in [-0.05, 0) is 31.9 Å². The summed E-state index contributed by atoms with van der Waals surface area (Å²) in [5.74, 6) is 0.00301. The van der Waals surface area contributed by atoms with Gasteiger partial charge in [0.1, 0.15) is 0 Å². The van der Waals surface area contributed by atoms with Crippen molar-refractivity contribution in [3.8, 4) is 0 Å². The maximum Gasteiger partial charge on any atom is 0.254 e. The van der Waals surface area contributed by atoms with Crippen molar-refractivity contribution in [1.82, 2.24) is 9.88 Å². The molecule has 0 radical (unpaired) electrons. The quantitative estimate of drug-likeness (QED) is 0.926. The molecule has 0 aliphatic heterocycles. The molecule has 20 heavy (non-hydrogen) atoms. The van der Waals surface area contributed by atoms with E-state index >= 15 is 0 Å². The number of para-hydroxylation sites is 1. The van der Waals surface area contributed by atoms with Gasteiger partial charge in [-0.1, -0.05) is 18.2 Å². The molecule has 4 nitrogen and oxygen atoms in total. The summed E-state index contributed by atoms with van der Waals surface area (Å²) in [6.45, 7) is 2.31. The van der Waals surface area contributed by atoms with Gasteiger partial charge in [0.15, 0.2) is 0 Å². The summed E-state index contributed by atoms with van der Waals surface area (Å²) in [6, 6.07) is 9.84. The van der Waals surface area contributed by atoms with Crippen LogP contribution in [-0.2, 0) is 0 Å². The van der Waals surface area contributed by atoms with Crippen molar-refractivity contribution >= 4 is 16.8 Å². The molecule has 1 fully saturated rings. The van der Waals surface area contributed by atoms with E-state index in [2.05, 4.69) is 4.98 Å². The summed E-state index contributed by atoms with van der Waals surface area (Å²) < 4.78 is 0. The number of hydrogen-bond donors (Lipinski definition) is 1. The van der Waals surface area contributed by atoms with Gasteiger partial charge in [0.05, 0.1) is 17.7 Å². The Hall–Kier alpha value is -1.94. The average Bonchev–Trinajstić information content (AvgIpc) is 3.27. The van der Waals surface area contributed by atoms with Crippen LogP contribution in [0.3, 0.4) is 0 Å². The molecular formula is C16H18N2O2. The smallest absolute Gasteiger partial charge is 0.254 e. The summed E-state index contributed by atoms with van der Waals surface area (Å²) >= 11 is 0. The number of aromatic nitrogens is 1. The van der Waals surface area contributed by atoms with Gasteiger partial charge in [0.2, 0.25) is 0 Å². The highest BCUT2D eigenvalue weighted by molar-refractivity contribution is 6.06. The zero-order valence-electron chi connectivity index (χ0n) is 11.5. The maximum atomic E-state index is 12.8. The number of hydrogen-bond acceptors (Lipinski definition) is 3. The Bertz CT molecular complexity index is 650. The Balaban J connectivity index is 2.06. The highest BCUT2D eigenvalue weighted by Gasteiger charge is 2.33. The molecule has 0 atom stereocenters. The third-order valence-electron chi connectivity index (χ3n) is 3.66. The molecule has 4 heteroatoms. The molecule has 2 aromatic rings. The fourth-order valence-corrected chi connectivity index (χ4v) is 2.58. The molecule has 1 heterocycles. The molecule has 1 saturated carbocycles. The molecule has 104 valence electrons. The van der Waals surface area contributed by atoms with E-state index in [1.807, 2.05) is 37.3 Å². The molecule has 1 aliphatic rings. The zero-order valence-corrected chi connectivity index (χ0v) is 11.5. The fourth-order valence-electron chi connectivity index (χ4n) is 2.58. The van der Waals surface area contributed by atoms with Crippen LogP contribution >= 0.6 is 0 Å². The Kier molecular flexibility index (Phi) is 3.40. The van der Waals surface area contributed by atoms with Crippen molar-refractivity contribution in [2.45, 2.75) is 25.8 Å². The van der Waals surface area contributed by atoms with E-state index in [-0.39, 0.29) is 12.5 Å². The Morgan fingerprint density at radius 3 is 2.85 bits per heavy atom. The number of rotatable bonds is 4. The summed E-state index contributed by atoms with van der Waals surface area (Å²) in [4.78, 5) is 19.0. The van der Waals surface area contributed by atoms with Crippen LogP contribution in [0.5, 0.6) is 0 Å². The third kappa shape index (κ3) is 2.39. The van der Waals surface area contributed by atoms with Crippen LogP contribution in [-0.4, -0.2) is 40.1 Å². The Labute approximate surface area is 118 Å². The second-order valence-electron chi connectivity index (χ2n) is 5.28. The van der Waals surface area contributed by atoms with Crippen molar-refractivity contribution < 1.29 is 9.90 Å². The first-order valence-corrected chi connectivity index (χ1v) is 6.99. The fraction of sp³-hybridized carbons (Fsp3) is 0.375. The lowest BCUT2D eigenvalue weighted by molar-refractivity contribution is 0.0709. The number of benzene rings is 1. The van der Waals surface area contributed by atoms with Crippen LogP contribution in [0, 0.1) is 6.92 Å². The molecule has 1 amide bonds. The number of aliphatic hydroxyl groups is 1. The van der Waals surface area contributed by atoms with Gasteiger partial charge in [-0.25, -0.2) is 0 Å². The SMILES string of the molecule is Cc1cc(C(=O)N(CCO)C2CC2)c2ccccc2n1. The Morgan fingerprint density at radius 1 is 1.40 bits per heavy atom. The molecule has 0 unspecified atom stereocenters. The molecule has 1 aromatic carbocycles. The molecule has 1 aliphatic carbocycles. The number of aryl methyl sites for hydroxylation is 1. The summed E-state index contributed by atoms with van der Waals surface area (Å²) in [5, 5.41) is 10.1. The van der Waals surface area contributed by atoms with Gasteiger partial charge in [0, 0.05) is 23.7 Å².